The van der Waals surface area contributed by atoms with E-state index in [-0.39, 0.29) is 25.9 Å². The summed E-state index contributed by atoms with van der Waals surface area (Å²) in [6.07, 6.45) is 47.1. The Morgan fingerprint density at radius 3 is 1.23 bits per heavy atom. The number of rotatable bonds is 54. The van der Waals surface area contributed by atoms with Crippen molar-refractivity contribution in [2.75, 3.05) is 13.2 Å². The number of aliphatic hydroxyl groups excluding tert-OH is 2. The molecule has 1 saturated heterocycles. The molecule has 1 fully saturated rings. The van der Waals surface area contributed by atoms with E-state index >= 15 is 0 Å². The maximum absolute atomic E-state index is 13.1. The molecule has 12 heteroatoms. The molecule has 0 bridgehead atoms. The van der Waals surface area contributed by atoms with Gasteiger partial charge in [0.05, 0.1) is 6.61 Å². The fourth-order valence-corrected chi connectivity index (χ4v) is 9.69. The molecule has 6 unspecified atom stereocenters. The lowest BCUT2D eigenvalue weighted by Crippen LogP contribution is -2.61. The number of esters is 3. The number of hydrogen-bond donors (Lipinski definition) is 3. The van der Waals surface area contributed by atoms with Crippen LogP contribution in [0.15, 0.2) is 24.3 Å². The van der Waals surface area contributed by atoms with Gasteiger partial charge in [0, 0.05) is 19.3 Å². The van der Waals surface area contributed by atoms with Gasteiger partial charge in [-0.05, 0) is 51.4 Å². The first kappa shape index (κ1) is 70.2. The highest BCUT2D eigenvalue weighted by Gasteiger charge is 2.50. The first-order chi connectivity index (χ1) is 36.6. The molecular formula is C63H114O12. The highest BCUT2D eigenvalue weighted by molar-refractivity contribution is 5.74. The monoisotopic (exact) mass is 1060 g/mol. The second-order valence-electron chi connectivity index (χ2n) is 21.7. The number of aliphatic hydroxyl groups is 2. The Kier molecular flexibility index (Phi) is 48.6. The van der Waals surface area contributed by atoms with E-state index < -0.39 is 67.3 Å². The van der Waals surface area contributed by atoms with Gasteiger partial charge in [0.25, 0.3) is 0 Å². The smallest absolute Gasteiger partial charge is 0.335 e. The minimum absolute atomic E-state index is 0.0565. The van der Waals surface area contributed by atoms with E-state index in [1.165, 1.54) is 154 Å². The Labute approximate surface area is 458 Å². The van der Waals surface area contributed by atoms with Gasteiger partial charge in [0.15, 0.2) is 24.6 Å². The number of unbranched alkanes of at least 4 members (excludes halogenated alkanes) is 36. The summed E-state index contributed by atoms with van der Waals surface area (Å²) in [5, 5.41) is 31.5. The van der Waals surface area contributed by atoms with Crippen LogP contribution in [0.2, 0.25) is 0 Å². The van der Waals surface area contributed by atoms with Crippen LogP contribution in [0.1, 0.15) is 303 Å². The van der Waals surface area contributed by atoms with Gasteiger partial charge in [-0.25, -0.2) is 4.79 Å². The van der Waals surface area contributed by atoms with Crippen LogP contribution in [0.25, 0.3) is 0 Å². The number of carboxylic acid groups (broad SMARTS) is 1. The van der Waals surface area contributed by atoms with Gasteiger partial charge < -0.3 is 39.0 Å². The SMILES string of the molecule is CCCCC/C=C\C/C=C\CCCCCCCCCC(=O)OC1C(OCC(COC(=O)CCCCCCCCCCCCCCCCC)OC(=O)CCCCCCCCCCCCCCC)OC(C(=O)O)C(O)C1O. The van der Waals surface area contributed by atoms with Crippen molar-refractivity contribution >= 4 is 23.9 Å². The quantitative estimate of drug-likeness (QED) is 0.0228. The Morgan fingerprint density at radius 1 is 0.440 bits per heavy atom. The van der Waals surface area contributed by atoms with Crippen LogP contribution in [0.3, 0.4) is 0 Å². The maximum Gasteiger partial charge on any atom is 0.335 e. The van der Waals surface area contributed by atoms with E-state index in [1.54, 1.807) is 0 Å². The predicted molar refractivity (Wildman–Crippen MR) is 303 cm³/mol. The van der Waals surface area contributed by atoms with Crippen LogP contribution in [0.4, 0.5) is 0 Å². The zero-order chi connectivity index (χ0) is 54.7. The maximum atomic E-state index is 13.1. The number of allylic oxidation sites excluding steroid dienone is 4. The highest BCUT2D eigenvalue weighted by Crippen LogP contribution is 2.27. The third-order valence-corrected chi connectivity index (χ3v) is 14.5. The van der Waals surface area contributed by atoms with E-state index in [2.05, 4.69) is 45.1 Å². The van der Waals surface area contributed by atoms with Gasteiger partial charge in [-0.1, -0.05) is 257 Å². The van der Waals surface area contributed by atoms with Gasteiger partial charge in [-0.15, -0.1) is 0 Å². The Morgan fingerprint density at radius 2 is 0.800 bits per heavy atom. The molecule has 0 aromatic carbocycles. The molecule has 1 heterocycles. The van der Waals surface area contributed by atoms with Crippen molar-refractivity contribution in [3.8, 4) is 0 Å². The van der Waals surface area contributed by atoms with Crippen LogP contribution < -0.4 is 0 Å². The third kappa shape index (κ3) is 41.9. The summed E-state index contributed by atoms with van der Waals surface area (Å²) in [5.74, 6) is -3.09. The zero-order valence-corrected chi connectivity index (χ0v) is 48.3. The van der Waals surface area contributed by atoms with E-state index in [0.29, 0.717) is 19.3 Å². The van der Waals surface area contributed by atoms with Crippen LogP contribution >= 0.6 is 0 Å². The molecule has 0 spiro atoms. The van der Waals surface area contributed by atoms with Crippen molar-refractivity contribution in [3.05, 3.63) is 24.3 Å². The lowest BCUT2D eigenvalue weighted by Gasteiger charge is -2.40. The standard InChI is InChI=1S/C63H114O12/c1-4-7-10-13-16-19-22-25-27-28-30-33-36-39-42-45-48-51-57(66)74-61-59(68)58(67)60(62(69)70)75-63(61)72-53-54(73-56(65)50-47-44-41-38-35-31-24-21-18-15-12-9-6-3)52-71-55(64)49-46-43-40-37-34-32-29-26-23-20-17-14-11-8-5-2/h16,19,25,27,54,58-61,63,67-68H,4-15,17-18,20-24,26,28-53H2,1-3H3,(H,69,70)/b19-16-,27-25-. The van der Waals surface area contributed by atoms with Gasteiger partial charge >= 0.3 is 23.9 Å². The molecule has 438 valence electrons. The molecule has 0 aliphatic carbocycles. The summed E-state index contributed by atoms with van der Waals surface area (Å²) >= 11 is 0. The number of carbonyl (C=O) groups excluding carboxylic acids is 3. The number of aliphatic carboxylic acids is 1. The third-order valence-electron chi connectivity index (χ3n) is 14.5. The fourth-order valence-electron chi connectivity index (χ4n) is 9.69. The van der Waals surface area contributed by atoms with Crippen molar-refractivity contribution < 1.29 is 58.2 Å². The van der Waals surface area contributed by atoms with Gasteiger partial charge in [0.1, 0.15) is 18.8 Å². The van der Waals surface area contributed by atoms with Gasteiger partial charge in [0.2, 0.25) is 0 Å². The minimum atomic E-state index is -1.90. The van der Waals surface area contributed by atoms with Crippen molar-refractivity contribution in [1.29, 1.82) is 0 Å². The van der Waals surface area contributed by atoms with E-state index in [4.69, 9.17) is 23.7 Å². The molecule has 12 nitrogen and oxygen atoms in total. The fraction of sp³-hybridized carbons (Fsp3) is 0.873. The molecule has 0 radical (unpaired) electrons. The molecule has 3 N–H and O–H groups in total. The lowest BCUT2D eigenvalue weighted by atomic mass is 9.98. The van der Waals surface area contributed by atoms with E-state index in [0.717, 1.165) is 89.9 Å². The zero-order valence-electron chi connectivity index (χ0n) is 48.3. The topological polar surface area (TPSA) is 175 Å². The molecule has 0 saturated carbocycles. The Balaban J connectivity index is 2.65. The van der Waals surface area contributed by atoms with Gasteiger partial charge in [-0.2, -0.15) is 0 Å². The van der Waals surface area contributed by atoms with Crippen LogP contribution in [0.5, 0.6) is 0 Å². The van der Waals surface area contributed by atoms with Crippen LogP contribution in [-0.2, 0) is 42.9 Å². The average molecular weight is 1060 g/mol. The predicted octanol–water partition coefficient (Wildman–Crippen LogP) is 16.2. The molecular weight excluding hydrogens is 949 g/mol. The van der Waals surface area contributed by atoms with Crippen molar-refractivity contribution in [1.82, 2.24) is 0 Å². The highest BCUT2D eigenvalue weighted by atomic mass is 16.7. The summed E-state index contributed by atoms with van der Waals surface area (Å²) in [6.45, 7) is 6.01. The number of carboxylic acids is 1. The number of hydrogen-bond acceptors (Lipinski definition) is 11. The summed E-state index contributed by atoms with van der Waals surface area (Å²) in [5.41, 5.74) is 0. The first-order valence-electron chi connectivity index (χ1n) is 31.3. The summed E-state index contributed by atoms with van der Waals surface area (Å²) in [4.78, 5) is 51.2. The lowest BCUT2D eigenvalue weighted by molar-refractivity contribution is -0.301. The van der Waals surface area contributed by atoms with E-state index in [9.17, 15) is 34.5 Å². The Bertz CT molecular complexity index is 1400. The summed E-state index contributed by atoms with van der Waals surface area (Å²) in [7, 11) is 0. The van der Waals surface area contributed by atoms with Crippen molar-refractivity contribution in [2.45, 2.75) is 340 Å². The van der Waals surface area contributed by atoms with Crippen molar-refractivity contribution in [3.63, 3.8) is 0 Å². The number of carbonyl (C=O) groups is 4. The second-order valence-corrected chi connectivity index (χ2v) is 21.7. The Hall–Kier alpha value is -2.80. The van der Waals surface area contributed by atoms with Gasteiger partial charge in [-0.3, -0.25) is 14.4 Å². The average Bonchev–Trinajstić information content (AvgIpc) is 3.39. The second kappa shape index (κ2) is 51.9. The molecule has 0 amide bonds. The molecule has 0 aromatic heterocycles. The molecule has 1 aliphatic rings. The number of ether oxygens (including phenoxy) is 5. The molecule has 0 aromatic rings. The molecule has 75 heavy (non-hydrogen) atoms. The molecule has 1 aliphatic heterocycles. The largest absolute Gasteiger partial charge is 0.479 e. The summed E-state index contributed by atoms with van der Waals surface area (Å²) < 4.78 is 28.5. The normalized spacial score (nSPS) is 18.2. The van der Waals surface area contributed by atoms with E-state index in [1.807, 2.05) is 0 Å². The van der Waals surface area contributed by atoms with Crippen LogP contribution in [0, 0.1) is 0 Å². The van der Waals surface area contributed by atoms with Crippen LogP contribution in [-0.4, -0.2) is 89.2 Å². The summed E-state index contributed by atoms with van der Waals surface area (Å²) in [6, 6.07) is 0. The molecule has 6 atom stereocenters. The van der Waals surface area contributed by atoms with Crippen molar-refractivity contribution in [2.24, 2.45) is 0 Å². The minimum Gasteiger partial charge on any atom is -0.479 e. The molecule has 1 rings (SSSR count). The first-order valence-corrected chi connectivity index (χ1v) is 31.3.